The van der Waals surface area contributed by atoms with Gasteiger partial charge in [0, 0.05) is 17.0 Å². The SMILES string of the molecule is Cc1ccc(C(=O)Nc2cc(C(O)CNC(C)(C)C)ccc2O)s1. The van der Waals surface area contributed by atoms with Crippen LogP contribution in [0.1, 0.15) is 47.0 Å². The number of carbonyl (C=O) groups excluding carboxylic acids is 1. The molecule has 0 bridgehead atoms. The third-order valence-corrected chi connectivity index (χ3v) is 4.44. The molecule has 0 fully saturated rings. The predicted molar refractivity (Wildman–Crippen MR) is 97.8 cm³/mol. The minimum absolute atomic E-state index is 0.0311. The smallest absolute Gasteiger partial charge is 0.265 e. The summed E-state index contributed by atoms with van der Waals surface area (Å²) in [4.78, 5) is 13.9. The summed E-state index contributed by atoms with van der Waals surface area (Å²) in [5.41, 5.74) is 0.812. The fraction of sp³-hybridized carbons (Fsp3) is 0.389. The first-order valence-electron chi connectivity index (χ1n) is 7.79. The largest absolute Gasteiger partial charge is 0.506 e. The summed E-state index contributed by atoms with van der Waals surface area (Å²) in [7, 11) is 0. The van der Waals surface area contributed by atoms with Crippen molar-refractivity contribution in [1.82, 2.24) is 5.32 Å². The van der Waals surface area contributed by atoms with Gasteiger partial charge in [-0.25, -0.2) is 0 Å². The quantitative estimate of drug-likeness (QED) is 0.624. The molecule has 1 atom stereocenters. The number of thiophene rings is 1. The number of nitrogens with one attached hydrogen (secondary N) is 2. The molecule has 2 aromatic rings. The van der Waals surface area contributed by atoms with E-state index in [4.69, 9.17) is 0 Å². The van der Waals surface area contributed by atoms with Crippen molar-refractivity contribution in [3.8, 4) is 5.75 Å². The van der Waals surface area contributed by atoms with Crippen molar-refractivity contribution in [3.63, 3.8) is 0 Å². The maximum atomic E-state index is 12.2. The molecular weight excluding hydrogens is 324 g/mol. The van der Waals surface area contributed by atoms with Crippen molar-refractivity contribution in [3.05, 3.63) is 45.6 Å². The van der Waals surface area contributed by atoms with Gasteiger partial charge >= 0.3 is 0 Å². The van der Waals surface area contributed by atoms with Gasteiger partial charge < -0.3 is 20.8 Å². The lowest BCUT2D eigenvalue weighted by Gasteiger charge is -2.23. The number of aliphatic hydroxyl groups is 1. The van der Waals surface area contributed by atoms with Crippen LogP contribution in [0.2, 0.25) is 0 Å². The van der Waals surface area contributed by atoms with Gasteiger partial charge in [-0.15, -0.1) is 11.3 Å². The van der Waals surface area contributed by atoms with Gasteiger partial charge in [0.1, 0.15) is 5.75 Å². The van der Waals surface area contributed by atoms with Gasteiger partial charge in [-0.05, 0) is 57.5 Å². The number of aliphatic hydroxyl groups excluding tert-OH is 1. The third-order valence-electron chi connectivity index (χ3n) is 3.44. The van der Waals surface area contributed by atoms with Crippen LogP contribution in [0.4, 0.5) is 5.69 Å². The Morgan fingerprint density at radius 2 is 1.96 bits per heavy atom. The Morgan fingerprint density at radius 1 is 1.25 bits per heavy atom. The van der Waals surface area contributed by atoms with Crippen LogP contribution in [-0.4, -0.2) is 28.2 Å². The van der Waals surface area contributed by atoms with Gasteiger partial charge in [0.05, 0.1) is 16.7 Å². The number of β-amino-alcohol motifs (C(OH)–C–C–N with tert-alkyl or cyclic N) is 1. The Bertz CT molecular complexity index is 719. The Kier molecular flexibility index (Phi) is 5.64. The fourth-order valence-electron chi connectivity index (χ4n) is 2.12. The number of phenols is 1. The summed E-state index contributed by atoms with van der Waals surface area (Å²) in [5, 5.41) is 26.2. The lowest BCUT2D eigenvalue weighted by atomic mass is 10.1. The summed E-state index contributed by atoms with van der Waals surface area (Å²) in [5.74, 6) is -0.306. The van der Waals surface area contributed by atoms with Gasteiger partial charge in [-0.2, -0.15) is 0 Å². The van der Waals surface area contributed by atoms with E-state index < -0.39 is 6.10 Å². The highest BCUT2D eigenvalue weighted by Crippen LogP contribution is 2.28. The number of anilines is 1. The van der Waals surface area contributed by atoms with E-state index in [1.807, 2.05) is 33.8 Å². The molecule has 1 amide bonds. The number of aromatic hydroxyl groups is 1. The van der Waals surface area contributed by atoms with Crippen LogP contribution in [0.25, 0.3) is 0 Å². The average Bonchev–Trinajstić information content (AvgIpc) is 2.93. The van der Waals surface area contributed by atoms with Gasteiger partial charge in [0.2, 0.25) is 0 Å². The van der Waals surface area contributed by atoms with E-state index in [9.17, 15) is 15.0 Å². The summed E-state index contributed by atoms with van der Waals surface area (Å²) in [6.45, 7) is 8.37. The van der Waals surface area contributed by atoms with E-state index >= 15 is 0 Å². The van der Waals surface area contributed by atoms with Crippen molar-refractivity contribution >= 4 is 22.9 Å². The molecule has 1 aromatic heterocycles. The van der Waals surface area contributed by atoms with E-state index in [0.29, 0.717) is 22.7 Å². The van der Waals surface area contributed by atoms with Crippen molar-refractivity contribution in [2.45, 2.75) is 39.3 Å². The number of hydrogen-bond donors (Lipinski definition) is 4. The van der Waals surface area contributed by atoms with Crippen LogP contribution < -0.4 is 10.6 Å². The highest BCUT2D eigenvalue weighted by atomic mass is 32.1. The molecule has 24 heavy (non-hydrogen) atoms. The van der Waals surface area contributed by atoms with E-state index in [0.717, 1.165) is 4.88 Å². The zero-order valence-electron chi connectivity index (χ0n) is 14.4. The van der Waals surface area contributed by atoms with Crippen molar-refractivity contribution in [1.29, 1.82) is 0 Å². The van der Waals surface area contributed by atoms with Crippen LogP contribution in [0.5, 0.6) is 5.75 Å². The molecular formula is C18H24N2O3S. The highest BCUT2D eigenvalue weighted by molar-refractivity contribution is 7.14. The average molecular weight is 348 g/mol. The van der Waals surface area contributed by atoms with Crippen molar-refractivity contribution in [2.24, 2.45) is 0 Å². The topological polar surface area (TPSA) is 81.6 Å². The number of carbonyl (C=O) groups is 1. The maximum absolute atomic E-state index is 12.2. The summed E-state index contributed by atoms with van der Waals surface area (Å²) in [6.07, 6.45) is -0.732. The molecule has 0 saturated carbocycles. The zero-order chi connectivity index (χ0) is 17.9. The minimum Gasteiger partial charge on any atom is -0.506 e. The summed E-state index contributed by atoms with van der Waals surface area (Å²) in [6, 6.07) is 8.35. The van der Waals surface area contributed by atoms with E-state index in [1.54, 1.807) is 18.2 Å². The summed E-state index contributed by atoms with van der Waals surface area (Å²) >= 11 is 1.39. The lowest BCUT2D eigenvalue weighted by molar-refractivity contribution is 0.103. The molecule has 130 valence electrons. The normalized spacial score (nSPS) is 12.9. The molecule has 1 heterocycles. The maximum Gasteiger partial charge on any atom is 0.265 e. The molecule has 1 unspecified atom stereocenters. The summed E-state index contributed by atoms with van der Waals surface area (Å²) < 4.78 is 0. The molecule has 2 rings (SSSR count). The second-order valence-electron chi connectivity index (χ2n) is 6.79. The van der Waals surface area contributed by atoms with Gasteiger partial charge in [0.25, 0.3) is 5.91 Å². The fourth-order valence-corrected chi connectivity index (χ4v) is 2.89. The molecule has 0 radical (unpaired) electrons. The molecule has 6 heteroatoms. The second kappa shape index (κ2) is 7.34. The van der Waals surface area contributed by atoms with Crippen LogP contribution in [0.15, 0.2) is 30.3 Å². The zero-order valence-corrected chi connectivity index (χ0v) is 15.2. The third kappa shape index (κ3) is 5.06. The number of phenolic OH excluding ortho intramolecular Hbond substituents is 1. The lowest BCUT2D eigenvalue weighted by Crippen LogP contribution is -2.38. The predicted octanol–water partition coefficient (Wildman–Crippen LogP) is 3.44. The number of rotatable bonds is 5. The van der Waals surface area contributed by atoms with Gasteiger partial charge in [-0.1, -0.05) is 6.07 Å². The molecule has 1 aromatic carbocycles. The van der Waals surface area contributed by atoms with E-state index in [2.05, 4.69) is 10.6 Å². The number of amides is 1. The molecule has 0 saturated heterocycles. The second-order valence-corrected chi connectivity index (χ2v) is 8.08. The minimum atomic E-state index is -0.732. The van der Waals surface area contributed by atoms with Crippen LogP contribution in [-0.2, 0) is 0 Å². The van der Waals surface area contributed by atoms with E-state index in [-0.39, 0.29) is 17.2 Å². The first kappa shape index (κ1) is 18.4. The standard InChI is InChI=1S/C18H24N2O3S/c1-11-5-8-16(24-11)17(23)20-13-9-12(6-7-14(13)21)15(22)10-19-18(2,3)4/h5-9,15,19,21-22H,10H2,1-4H3,(H,20,23). The molecule has 0 spiro atoms. The van der Waals surface area contributed by atoms with Crippen molar-refractivity contribution in [2.75, 3.05) is 11.9 Å². The molecule has 4 N–H and O–H groups in total. The molecule has 0 aliphatic heterocycles. The number of benzene rings is 1. The Hall–Kier alpha value is -1.89. The van der Waals surface area contributed by atoms with Crippen molar-refractivity contribution < 1.29 is 15.0 Å². The first-order chi connectivity index (χ1) is 11.2. The monoisotopic (exact) mass is 348 g/mol. The molecule has 0 aliphatic rings. The highest BCUT2D eigenvalue weighted by Gasteiger charge is 2.16. The Labute approximate surface area is 146 Å². The molecule has 5 nitrogen and oxygen atoms in total. The Morgan fingerprint density at radius 3 is 2.54 bits per heavy atom. The van der Waals surface area contributed by atoms with E-state index in [1.165, 1.54) is 17.4 Å². The number of hydrogen-bond acceptors (Lipinski definition) is 5. The van der Waals surface area contributed by atoms with Gasteiger partial charge in [-0.3, -0.25) is 4.79 Å². The van der Waals surface area contributed by atoms with Crippen LogP contribution in [0.3, 0.4) is 0 Å². The number of aryl methyl sites for hydroxylation is 1. The molecule has 0 aliphatic carbocycles. The van der Waals surface area contributed by atoms with Crippen LogP contribution in [0, 0.1) is 6.92 Å². The Balaban J connectivity index is 2.12. The first-order valence-corrected chi connectivity index (χ1v) is 8.61. The van der Waals surface area contributed by atoms with Crippen LogP contribution >= 0.6 is 11.3 Å². The van der Waals surface area contributed by atoms with Gasteiger partial charge in [0.15, 0.2) is 0 Å².